The van der Waals surface area contributed by atoms with Crippen molar-refractivity contribution in [1.29, 1.82) is 0 Å². The predicted molar refractivity (Wildman–Crippen MR) is 73.3 cm³/mol. The number of nitrogens with zero attached hydrogens (tertiary/aromatic N) is 2. The van der Waals surface area contributed by atoms with Crippen LogP contribution in [0.2, 0.25) is 0 Å². The first-order valence-electron chi connectivity index (χ1n) is 5.45. The maximum atomic E-state index is 11.8. The van der Waals surface area contributed by atoms with Crippen LogP contribution in [0.1, 0.15) is 12.1 Å². The summed E-state index contributed by atoms with van der Waals surface area (Å²) in [6.45, 7) is 4.29. The molecule has 0 saturated carbocycles. The van der Waals surface area contributed by atoms with E-state index in [1.165, 1.54) is 0 Å². The van der Waals surface area contributed by atoms with E-state index in [-0.39, 0.29) is 5.56 Å². The van der Waals surface area contributed by atoms with Gasteiger partial charge < -0.3 is 9.47 Å². The molecular weight excluding hydrogens is 335 g/mol. The monoisotopic (exact) mass is 352 g/mol. The lowest BCUT2D eigenvalue weighted by atomic mass is 10.4. The Kier molecular flexibility index (Phi) is 6.68. The van der Waals surface area contributed by atoms with E-state index in [0.717, 1.165) is 12.1 Å². The molecule has 0 atom stereocenters. The molecule has 0 saturated heterocycles. The van der Waals surface area contributed by atoms with Crippen LogP contribution in [0.4, 0.5) is 0 Å². The minimum atomic E-state index is 0.0231. The van der Waals surface area contributed by atoms with Gasteiger partial charge in [0.2, 0.25) is 0 Å². The first-order chi connectivity index (χ1) is 8.16. The smallest absolute Gasteiger partial charge is 0.267 e. The molecule has 0 spiro atoms. The van der Waals surface area contributed by atoms with Gasteiger partial charge in [0, 0.05) is 20.3 Å². The predicted octanol–water partition coefficient (Wildman–Crippen LogP) is 1.21. The van der Waals surface area contributed by atoms with Gasteiger partial charge in [0.25, 0.3) is 5.56 Å². The molecule has 1 rings (SSSR count). The van der Waals surface area contributed by atoms with Crippen LogP contribution >= 0.6 is 22.6 Å². The Morgan fingerprint density at radius 1 is 1.41 bits per heavy atom. The van der Waals surface area contributed by atoms with Gasteiger partial charge >= 0.3 is 0 Å². The van der Waals surface area contributed by atoms with Crippen molar-refractivity contribution >= 4 is 22.6 Å². The van der Waals surface area contributed by atoms with Crippen LogP contribution in [0.3, 0.4) is 0 Å². The quantitative estimate of drug-likeness (QED) is 0.547. The van der Waals surface area contributed by atoms with Crippen LogP contribution < -0.4 is 5.56 Å². The summed E-state index contributed by atoms with van der Waals surface area (Å²) in [5.74, 6) is 0. The van der Waals surface area contributed by atoms with Gasteiger partial charge in [-0.2, -0.15) is 0 Å². The molecule has 0 aliphatic rings. The number of aromatic nitrogens is 2. The van der Waals surface area contributed by atoms with Gasteiger partial charge in [-0.25, -0.2) is 4.98 Å². The zero-order valence-corrected chi connectivity index (χ0v) is 12.3. The van der Waals surface area contributed by atoms with E-state index in [1.54, 1.807) is 18.0 Å². The van der Waals surface area contributed by atoms with Gasteiger partial charge in [0.1, 0.15) is 0 Å². The summed E-state index contributed by atoms with van der Waals surface area (Å²) < 4.78 is 12.5. The SMILES string of the molecule is COCCOCCCn1cnc(C)c(I)c1=O. The van der Waals surface area contributed by atoms with Crippen molar-refractivity contribution in [2.75, 3.05) is 26.9 Å². The van der Waals surface area contributed by atoms with Crippen molar-refractivity contribution in [3.8, 4) is 0 Å². The van der Waals surface area contributed by atoms with Gasteiger partial charge in [0.15, 0.2) is 0 Å². The zero-order chi connectivity index (χ0) is 12.7. The lowest BCUT2D eigenvalue weighted by Gasteiger charge is -2.07. The molecule has 5 nitrogen and oxygen atoms in total. The molecule has 96 valence electrons. The Morgan fingerprint density at radius 2 is 2.18 bits per heavy atom. The Labute approximate surface area is 114 Å². The summed E-state index contributed by atoms with van der Waals surface area (Å²) in [5.41, 5.74) is 0.804. The van der Waals surface area contributed by atoms with E-state index in [2.05, 4.69) is 4.98 Å². The van der Waals surface area contributed by atoms with Crippen LogP contribution in [-0.4, -0.2) is 36.5 Å². The summed E-state index contributed by atoms with van der Waals surface area (Å²) in [7, 11) is 1.64. The van der Waals surface area contributed by atoms with Gasteiger partial charge in [-0.15, -0.1) is 0 Å². The minimum Gasteiger partial charge on any atom is -0.382 e. The topological polar surface area (TPSA) is 53.4 Å². The largest absolute Gasteiger partial charge is 0.382 e. The second kappa shape index (κ2) is 7.78. The molecule has 0 radical (unpaired) electrons. The fraction of sp³-hybridized carbons (Fsp3) is 0.636. The first kappa shape index (κ1) is 14.6. The summed E-state index contributed by atoms with van der Waals surface area (Å²) in [6.07, 6.45) is 2.39. The highest BCUT2D eigenvalue weighted by Crippen LogP contribution is 2.01. The van der Waals surface area contributed by atoms with E-state index in [0.29, 0.717) is 29.9 Å². The molecule has 0 aliphatic carbocycles. The number of hydrogen-bond donors (Lipinski definition) is 0. The van der Waals surface area contributed by atoms with Crippen LogP contribution in [-0.2, 0) is 16.0 Å². The van der Waals surface area contributed by atoms with Crippen LogP contribution in [0.5, 0.6) is 0 Å². The molecule has 0 N–H and O–H groups in total. The van der Waals surface area contributed by atoms with Crippen molar-refractivity contribution in [2.45, 2.75) is 19.9 Å². The third kappa shape index (κ3) is 4.72. The molecule has 1 heterocycles. The normalized spacial score (nSPS) is 10.8. The van der Waals surface area contributed by atoms with E-state index in [9.17, 15) is 4.79 Å². The molecule has 0 aromatic carbocycles. The highest BCUT2D eigenvalue weighted by Gasteiger charge is 2.04. The number of rotatable bonds is 7. The molecule has 0 unspecified atom stereocenters. The summed E-state index contributed by atoms with van der Waals surface area (Å²) in [4.78, 5) is 16.0. The second-order valence-electron chi connectivity index (χ2n) is 3.60. The number of halogens is 1. The summed E-state index contributed by atoms with van der Waals surface area (Å²) in [6, 6.07) is 0. The van der Waals surface area contributed by atoms with Gasteiger partial charge in [0.05, 0.1) is 28.8 Å². The van der Waals surface area contributed by atoms with Crippen molar-refractivity contribution < 1.29 is 9.47 Å². The fourth-order valence-electron chi connectivity index (χ4n) is 1.29. The lowest BCUT2D eigenvalue weighted by Crippen LogP contribution is -2.24. The molecule has 0 amide bonds. The second-order valence-corrected chi connectivity index (χ2v) is 4.68. The Hall–Kier alpha value is -0.470. The van der Waals surface area contributed by atoms with Crippen LogP contribution in [0, 0.1) is 10.5 Å². The maximum absolute atomic E-state index is 11.8. The summed E-state index contributed by atoms with van der Waals surface area (Å²) in [5, 5.41) is 0. The number of aryl methyl sites for hydroxylation is 2. The average Bonchev–Trinajstić information content (AvgIpc) is 2.33. The van der Waals surface area contributed by atoms with Crippen molar-refractivity contribution in [1.82, 2.24) is 9.55 Å². The molecular formula is C11H17IN2O3. The lowest BCUT2D eigenvalue weighted by molar-refractivity contribution is 0.0679. The van der Waals surface area contributed by atoms with Crippen LogP contribution in [0.25, 0.3) is 0 Å². The molecule has 0 bridgehead atoms. The minimum absolute atomic E-state index is 0.0231. The zero-order valence-electron chi connectivity index (χ0n) is 10.1. The molecule has 17 heavy (non-hydrogen) atoms. The van der Waals surface area contributed by atoms with Crippen molar-refractivity contribution in [3.63, 3.8) is 0 Å². The van der Waals surface area contributed by atoms with E-state index in [4.69, 9.17) is 9.47 Å². The van der Waals surface area contributed by atoms with Crippen LogP contribution in [0.15, 0.2) is 11.1 Å². The summed E-state index contributed by atoms with van der Waals surface area (Å²) >= 11 is 2.03. The maximum Gasteiger partial charge on any atom is 0.267 e. The van der Waals surface area contributed by atoms with Crippen molar-refractivity contribution in [3.05, 3.63) is 25.9 Å². The van der Waals surface area contributed by atoms with E-state index in [1.807, 2.05) is 29.5 Å². The van der Waals surface area contributed by atoms with Gasteiger partial charge in [-0.3, -0.25) is 9.36 Å². The number of ether oxygens (including phenoxy) is 2. The fourth-order valence-corrected chi connectivity index (χ4v) is 1.74. The molecule has 6 heteroatoms. The van der Waals surface area contributed by atoms with E-state index >= 15 is 0 Å². The number of hydrogen-bond acceptors (Lipinski definition) is 4. The average molecular weight is 352 g/mol. The third-order valence-corrected chi connectivity index (χ3v) is 3.52. The Morgan fingerprint density at radius 3 is 2.88 bits per heavy atom. The molecule has 0 aliphatic heterocycles. The highest BCUT2D eigenvalue weighted by atomic mass is 127. The molecule has 1 aromatic rings. The Balaban J connectivity index is 2.37. The van der Waals surface area contributed by atoms with Gasteiger partial charge in [-0.1, -0.05) is 0 Å². The van der Waals surface area contributed by atoms with E-state index < -0.39 is 0 Å². The van der Waals surface area contributed by atoms with Gasteiger partial charge in [-0.05, 0) is 35.9 Å². The standard InChI is InChI=1S/C11H17IN2O3/c1-9-10(12)11(15)14(8-13-9)4-3-5-17-7-6-16-2/h8H,3-7H2,1-2H3. The Bertz CT molecular complexity index is 406. The highest BCUT2D eigenvalue weighted by molar-refractivity contribution is 14.1. The third-order valence-electron chi connectivity index (χ3n) is 2.28. The molecule has 1 aromatic heterocycles. The first-order valence-corrected chi connectivity index (χ1v) is 6.53. The van der Waals surface area contributed by atoms with Crippen molar-refractivity contribution in [2.24, 2.45) is 0 Å². The number of methoxy groups -OCH3 is 1. The molecule has 0 fully saturated rings.